The standard InChI is InChI=1S/C3H2NSi/c4-2-1-3-5/h1,3H/b3-1-. The molecule has 0 aliphatic carbocycles. The summed E-state index contributed by atoms with van der Waals surface area (Å²) in [6, 6.07) is 1.79. The second-order valence-electron chi connectivity index (χ2n) is 0.462. The van der Waals surface area contributed by atoms with Gasteiger partial charge in [-0.1, -0.05) is 5.70 Å². The van der Waals surface area contributed by atoms with E-state index in [9.17, 15) is 0 Å². The summed E-state index contributed by atoms with van der Waals surface area (Å²) >= 11 is 0. The van der Waals surface area contributed by atoms with Gasteiger partial charge in [0.25, 0.3) is 0 Å². The van der Waals surface area contributed by atoms with E-state index in [-0.39, 0.29) is 0 Å². The Kier molecular flexibility index (Phi) is 3.07. The van der Waals surface area contributed by atoms with Gasteiger partial charge in [0.2, 0.25) is 0 Å². The van der Waals surface area contributed by atoms with Crippen molar-refractivity contribution in [3.63, 3.8) is 0 Å². The molecule has 0 fully saturated rings. The summed E-state index contributed by atoms with van der Waals surface area (Å²) in [5.41, 5.74) is 1.50. The Labute approximate surface area is 34.3 Å². The van der Waals surface area contributed by atoms with Crippen LogP contribution in [0, 0.1) is 11.3 Å². The number of nitrogens with zero attached hydrogens (tertiary/aromatic N) is 1. The van der Waals surface area contributed by atoms with Crippen LogP contribution in [0.15, 0.2) is 11.8 Å². The first-order valence-corrected chi connectivity index (χ1v) is 1.71. The summed E-state index contributed by atoms with van der Waals surface area (Å²) in [4.78, 5) is 0. The summed E-state index contributed by atoms with van der Waals surface area (Å²) in [5.74, 6) is 0. The van der Waals surface area contributed by atoms with Crippen LogP contribution in [0.5, 0.6) is 0 Å². The summed E-state index contributed by atoms with van der Waals surface area (Å²) < 4.78 is 0. The molecule has 0 aromatic heterocycles. The van der Waals surface area contributed by atoms with Crippen LogP contribution < -0.4 is 0 Å². The molecule has 0 rings (SSSR count). The monoisotopic (exact) mass is 80.0 g/mol. The molecule has 0 atom stereocenters. The number of allylic oxidation sites excluding steroid dienone is 1. The van der Waals surface area contributed by atoms with Gasteiger partial charge in [-0.05, 0) is 0 Å². The minimum Gasteiger partial charge on any atom is -0.193 e. The van der Waals surface area contributed by atoms with Gasteiger partial charge in [0.1, 0.15) is 0 Å². The van der Waals surface area contributed by atoms with Crippen LogP contribution in [-0.2, 0) is 0 Å². The molecule has 2 heteroatoms. The maximum atomic E-state index is 7.70. The Morgan fingerprint density at radius 2 is 2.40 bits per heavy atom. The summed E-state index contributed by atoms with van der Waals surface area (Å²) in [5, 5.41) is 7.70. The molecule has 23 valence electrons. The summed E-state index contributed by atoms with van der Waals surface area (Å²) in [6.45, 7) is 0. The van der Waals surface area contributed by atoms with Crippen molar-refractivity contribution in [3.05, 3.63) is 11.8 Å². The second-order valence-corrected chi connectivity index (χ2v) is 0.796. The third-order valence-corrected chi connectivity index (χ3v) is 0.325. The van der Waals surface area contributed by atoms with Crippen LogP contribution in [0.4, 0.5) is 0 Å². The average molecular weight is 80.1 g/mol. The van der Waals surface area contributed by atoms with Crippen molar-refractivity contribution in [1.82, 2.24) is 0 Å². The van der Waals surface area contributed by atoms with Crippen molar-refractivity contribution in [2.24, 2.45) is 0 Å². The van der Waals surface area contributed by atoms with E-state index in [0.29, 0.717) is 0 Å². The molecule has 0 aromatic rings. The predicted octanol–water partition coefficient (Wildman–Crippen LogP) is 0.192. The Balaban J connectivity index is 3.04. The van der Waals surface area contributed by atoms with Gasteiger partial charge in [-0.25, -0.2) is 0 Å². The van der Waals surface area contributed by atoms with E-state index in [2.05, 4.69) is 10.2 Å². The summed E-state index contributed by atoms with van der Waals surface area (Å²) in [7, 11) is 2.95. The van der Waals surface area contributed by atoms with Gasteiger partial charge >= 0.3 is 0 Å². The third-order valence-electron chi connectivity index (χ3n) is 0.158. The third kappa shape index (κ3) is 3.45. The zero-order chi connectivity index (χ0) is 4.12. The van der Waals surface area contributed by atoms with Gasteiger partial charge in [0, 0.05) is 6.08 Å². The average Bonchev–Trinajstić information content (AvgIpc) is 1.41. The zero-order valence-corrected chi connectivity index (χ0v) is 3.60. The van der Waals surface area contributed by atoms with E-state index in [1.807, 2.05) is 0 Å². The molecular formula is C3H2NSi. The van der Waals surface area contributed by atoms with Crippen molar-refractivity contribution in [1.29, 1.82) is 5.26 Å². The minimum atomic E-state index is 1.34. The lowest BCUT2D eigenvalue weighted by Gasteiger charge is -1.46. The highest BCUT2D eigenvalue weighted by molar-refractivity contribution is 6.17. The van der Waals surface area contributed by atoms with E-state index in [1.165, 1.54) is 11.8 Å². The van der Waals surface area contributed by atoms with Gasteiger partial charge in [-0.3, -0.25) is 0 Å². The fraction of sp³-hybridized carbons (Fsp3) is 0. The first-order chi connectivity index (χ1) is 2.41. The van der Waals surface area contributed by atoms with Crippen molar-refractivity contribution in [3.8, 4) is 6.07 Å². The van der Waals surface area contributed by atoms with Crippen LogP contribution in [0.2, 0.25) is 0 Å². The molecule has 0 saturated heterocycles. The molecule has 0 N–H and O–H groups in total. The van der Waals surface area contributed by atoms with Crippen LogP contribution in [0.25, 0.3) is 0 Å². The normalized spacial score (nSPS) is 8.00. The largest absolute Gasteiger partial charge is 0.193 e. The lowest BCUT2D eigenvalue weighted by molar-refractivity contribution is 1.54. The number of hydrogen-bond acceptors (Lipinski definition) is 1. The Morgan fingerprint density at radius 1 is 1.80 bits per heavy atom. The van der Waals surface area contributed by atoms with E-state index in [0.717, 1.165) is 0 Å². The molecule has 0 aliphatic rings. The number of hydrogen-bond donors (Lipinski definition) is 0. The highest BCUT2D eigenvalue weighted by Gasteiger charge is 1.46. The fourth-order valence-electron chi connectivity index (χ4n) is 0.0373. The molecule has 0 aliphatic heterocycles. The molecule has 3 radical (unpaired) electrons. The van der Waals surface area contributed by atoms with Crippen LogP contribution in [-0.4, -0.2) is 10.2 Å². The van der Waals surface area contributed by atoms with Crippen molar-refractivity contribution in [2.75, 3.05) is 0 Å². The molecule has 0 spiro atoms. The van der Waals surface area contributed by atoms with Gasteiger partial charge in [-0.15, -0.1) is 0 Å². The van der Waals surface area contributed by atoms with Crippen molar-refractivity contribution < 1.29 is 0 Å². The number of nitriles is 1. The van der Waals surface area contributed by atoms with Crippen LogP contribution in [0.1, 0.15) is 0 Å². The Morgan fingerprint density at radius 3 is 2.40 bits per heavy atom. The topological polar surface area (TPSA) is 23.8 Å². The fourth-order valence-corrected chi connectivity index (χ4v) is 0.112. The van der Waals surface area contributed by atoms with E-state index < -0.39 is 0 Å². The lowest BCUT2D eigenvalue weighted by Crippen LogP contribution is -1.44. The molecule has 0 unspecified atom stereocenters. The molecular weight excluding hydrogens is 78.1 g/mol. The van der Waals surface area contributed by atoms with E-state index >= 15 is 0 Å². The number of rotatable bonds is 0. The van der Waals surface area contributed by atoms with Crippen molar-refractivity contribution in [2.45, 2.75) is 0 Å². The molecule has 0 saturated carbocycles. The lowest BCUT2D eigenvalue weighted by atomic mass is 10.7. The Hall–Kier alpha value is -0.553. The molecule has 1 nitrogen and oxygen atoms in total. The van der Waals surface area contributed by atoms with Gasteiger partial charge in [-0.2, -0.15) is 5.26 Å². The minimum absolute atomic E-state index is 1.34. The van der Waals surface area contributed by atoms with Gasteiger partial charge in [0.15, 0.2) is 0 Å². The highest BCUT2D eigenvalue weighted by atomic mass is 28.1. The van der Waals surface area contributed by atoms with Crippen LogP contribution >= 0.6 is 0 Å². The molecule has 0 amide bonds. The quantitative estimate of drug-likeness (QED) is 0.301. The first-order valence-electron chi connectivity index (χ1n) is 1.13. The summed E-state index contributed by atoms with van der Waals surface area (Å²) in [6.07, 6.45) is 1.34. The predicted molar refractivity (Wildman–Crippen MR) is 20.5 cm³/mol. The van der Waals surface area contributed by atoms with Crippen LogP contribution in [0.3, 0.4) is 0 Å². The second kappa shape index (κ2) is 3.45. The highest BCUT2D eigenvalue weighted by Crippen LogP contribution is 1.52. The van der Waals surface area contributed by atoms with E-state index in [1.54, 1.807) is 6.07 Å². The van der Waals surface area contributed by atoms with E-state index in [4.69, 9.17) is 5.26 Å². The zero-order valence-electron chi connectivity index (χ0n) is 2.60. The Bertz CT molecular complexity index is 69.5. The molecule has 0 aromatic carbocycles. The molecule has 0 bridgehead atoms. The van der Waals surface area contributed by atoms with Crippen molar-refractivity contribution >= 4 is 10.2 Å². The maximum Gasteiger partial charge on any atom is 0.0904 e. The molecule has 0 heterocycles. The first kappa shape index (κ1) is 4.45. The van der Waals surface area contributed by atoms with Gasteiger partial charge < -0.3 is 0 Å². The van der Waals surface area contributed by atoms with Gasteiger partial charge in [0.05, 0.1) is 16.3 Å². The maximum absolute atomic E-state index is 7.70. The molecule has 5 heavy (non-hydrogen) atoms. The smallest absolute Gasteiger partial charge is 0.0904 e. The SMILES string of the molecule is N#C/C=C\[Si].